The van der Waals surface area contributed by atoms with Crippen molar-refractivity contribution in [1.29, 1.82) is 0 Å². The van der Waals surface area contributed by atoms with E-state index in [1.165, 1.54) is 0 Å². The van der Waals surface area contributed by atoms with Crippen LogP contribution in [0.4, 0.5) is 5.69 Å². The third-order valence-electron chi connectivity index (χ3n) is 2.33. The number of rotatable bonds is 4. The maximum atomic E-state index is 11.7. The molecule has 88 valence electrons. The minimum absolute atomic E-state index is 0.0195. The van der Waals surface area contributed by atoms with E-state index in [4.69, 9.17) is 5.73 Å². The van der Waals surface area contributed by atoms with Crippen molar-refractivity contribution in [2.45, 2.75) is 20.3 Å². The van der Waals surface area contributed by atoms with Crippen molar-refractivity contribution >= 4 is 27.5 Å². The number of aryl methyl sites for hydroxylation is 1. The van der Waals surface area contributed by atoms with Gasteiger partial charge < -0.3 is 11.1 Å². The summed E-state index contributed by atoms with van der Waals surface area (Å²) in [6.45, 7) is 4.31. The Morgan fingerprint density at radius 3 is 2.94 bits per heavy atom. The minimum Gasteiger partial charge on any atom is -0.330 e. The van der Waals surface area contributed by atoms with Crippen molar-refractivity contribution < 1.29 is 4.79 Å². The van der Waals surface area contributed by atoms with Gasteiger partial charge in [0.1, 0.15) is 4.60 Å². The van der Waals surface area contributed by atoms with E-state index in [2.05, 4.69) is 26.2 Å². The molecule has 16 heavy (non-hydrogen) atoms. The summed E-state index contributed by atoms with van der Waals surface area (Å²) in [4.78, 5) is 15.8. The highest BCUT2D eigenvalue weighted by molar-refractivity contribution is 9.10. The summed E-state index contributed by atoms with van der Waals surface area (Å²) in [5.41, 5.74) is 7.11. The molecule has 0 aliphatic rings. The van der Waals surface area contributed by atoms with Crippen molar-refractivity contribution in [3.63, 3.8) is 0 Å². The van der Waals surface area contributed by atoms with E-state index in [1.54, 1.807) is 6.20 Å². The van der Waals surface area contributed by atoms with Crippen molar-refractivity contribution in [2.24, 2.45) is 11.7 Å². The van der Waals surface area contributed by atoms with Gasteiger partial charge in [-0.1, -0.05) is 6.92 Å². The first kappa shape index (κ1) is 13.1. The second-order valence-corrected chi connectivity index (χ2v) is 4.55. The average Bonchev–Trinajstić information content (AvgIpc) is 2.24. The van der Waals surface area contributed by atoms with Crippen LogP contribution in [0.5, 0.6) is 0 Å². The number of carbonyl (C=O) groups is 1. The Morgan fingerprint density at radius 1 is 1.69 bits per heavy atom. The molecule has 1 amide bonds. The molecule has 0 spiro atoms. The number of anilines is 1. The molecule has 0 fully saturated rings. The summed E-state index contributed by atoms with van der Waals surface area (Å²) in [5.74, 6) is -0.0945. The van der Waals surface area contributed by atoms with Crippen LogP contribution in [0.3, 0.4) is 0 Å². The van der Waals surface area contributed by atoms with Gasteiger partial charge in [0.15, 0.2) is 0 Å². The first-order valence-electron chi connectivity index (χ1n) is 5.17. The third kappa shape index (κ3) is 3.57. The van der Waals surface area contributed by atoms with Gasteiger partial charge >= 0.3 is 0 Å². The molecule has 0 saturated carbocycles. The number of aromatic nitrogens is 1. The topological polar surface area (TPSA) is 68.0 Å². The molecule has 0 aromatic carbocycles. The zero-order valence-electron chi connectivity index (χ0n) is 9.46. The number of halogens is 1. The van der Waals surface area contributed by atoms with E-state index in [1.807, 2.05) is 19.9 Å². The zero-order valence-corrected chi connectivity index (χ0v) is 11.0. The van der Waals surface area contributed by atoms with Crippen LogP contribution in [-0.2, 0) is 4.79 Å². The molecule has 5 heteroatoms. The van der Waals surface area contributed by atoms with Crippen molar-refractivity contribution in [3.8, 4) is 0 Å². The Hall–Kier alpha value is -0.940. The van der Waals surface area contributed by atoms with E-state index < -0.39 is 0 Å². The lowest BCUT2D eigenvalue weighted by Crippen LogP contribution is -2.22. The molecule has 4 nitrogen and oxygen atoms in total. The molecule has 0 aliphatic carbocycles. The van der Waals surface area contributed by atoms with Gasteiger partial charge in [-0.3, -0.25) is 4.79 Å². The van der Waals surface area contributed by atoms with E-state index in [9.17, 15) is 4.79 Å². The number of hydrogen-bond acceptors (Lipinski definition) is 3. The van der Waals surface area contributed by atoms with Crippen molar-refractivity contribution in [3.05, 3.63) is 22.4 Å². The fourth-order valence-corrected chi connectivity index (χ4v) is 1.49. The van der Waals surface area contributed by atoms with E-state index >= 15 is 0 Å². The Kier molecular flexibility index (Phi) is 4.89. The van der Waals surface area contributed by atoms with Crippen LogP contribution in [0.2, 0.25) is 0 Å². The smallest absolute Gasteiger partial charge is 0.227 e. The Morgan fingerprint density at radius 2 is 2.38 bits per heavy atom. The number of carbonyl (C=O) groups excluding carboxylic acids is 1. The lowest BCUT2D eigenvalue weighted by atomic mass is 10.1. The predicted octanol–water partition coefficient (Wildman–Crippen LogP) is 2.08. The van der Waals surface area contributed by atoms with Gasteiger partial charge in [-0.15, -0.1) is 0 Å². The second kappa shape index (κ2) is 5.96. The largest absolute Gasteiger partial charge is 0.330 e. The summed E-state index contributed by atoms with van der Waals surface area (Å²) < 4.78 is 0.792. The standard InChI is InChI=1S/C11H16BrN3O/c1-7(3-4-13)11(16)15-9-5-8(2)10(12)14-6-9/h5-7H,3-4,13H2,1-2H3,(H,15,16). The zero-order chi connectivity index (χ0) is 12.1. The van der Waals surface area contributed by atoms with Gasteiger partial charge in [0, 0.05) is 5.92 Å². The number of nitrogens with two attached hydrogens (primary N) is 1. The summed E-state index contributed by atoms with van der Waals surface area (Å²) in [5, 5.41) is 2.82. The Bertz CT molecular complexity index is 381. The van der Waals surface area contributed by atoms with Gasteiger partial charge in [0.05, 0.1) is 11.9 Å². The van der Waals surface area contributed by atoms with E-state index in [-0.39, 0.29) is 11.8 Å². The molecule has 0 bridgehead atoms. The number of nitrogens with zero attached hydrogens (tertiary/aromatic N) is 1. The summed E-state index contributed by atoms with van der Waals surface area (Å²) >= 11 is 3.31. The van der Waals surface area contributed by atoms with Gasteiger partial charge in [0.25, 0.3) is 0 Å². The summed E-state index contributed by atoms with van der Waals surface area (Å²) in [6, 6.07) is 1.88. The number of amides is 1. The monoisotopic (exact) mass is 285 g/mol. The molecule has 0 saturated heterocycles. The molecule has 3 N–H and O–H groups in total. The summed E-state index contributed by atoms with van der Waals surface area (Å²) in [7, 11) is 0. The average molecular weight is 286 g/mol. The highest BCUT2D eigenvalue weighted by atomic mass is 79.9. The second-order valence-electron chi connectivity index (χ2n) is 3.80. The fourth-order valence-electron chi connectivity index (χ4n) is 1.27. The molecule has 1 heterocycles. The SMILES string of the molecule is Cc1cc(NC(=O)C(C)CCN)cnc1Br. The summed E-state index contributed by atoms with van der Waals surface area (Å²) in [6.07, 6.45) is 2.32. The molecule has 1 aromatic rings. The molecular formula is C11H16BrN3O. The van der Waals surface area contributed by atoms with Gasteiger partial charge in [-0.25, -0.2) is 4.98 Å². The van der Waals surface area contributed by atoms with Crippen LogP contribution in [0.1, 0.15) is 18.9 Å². The lowest BCUT2D eigenvalue weighted by molar-refractivity contribution is -0.119. The predicted molar refractivity (Wildman–Crippen MR) is 68.1 cm³/mol. The van der Waals surface area contributed by atoms with Gasteiger partial charge in [-0.2, -0.15) is 0 Å². The Balaban J connectivity index is 2.66. The van der Waals surface area contributed by atoms with Crippen LogP contribution in [0, 0.1) is 12.8 Å². The molecule has 1 aromatic heterocycles. The van der Waals surface area contributed by atoms with Crippen LogP contribution in [0.15, 0.2) is 16.9 Å². The molecular weight excluding hydrogens is 270 g/mol. The number of nitrogens with one attached hydrogen (secondary N) is 1. The highest BCUT2D eigenvalue weighted by Gasteiger charge is 2.12. The van der Waals surface area contributed by atoms with Gasteiger partial charge in [0.2, 0.25) is 5.91 Å². The molecule has 1 atom stereocenters. The molecule has 1 rings (SSSR count). The van der Waals surface area contributed by atoms with Crippen LogP contribution < -0.4 is 11.1 Å². The quantitative estimate of drug-likeness (QED) is 0.833. The van der Waals surface area contributed by atoms with E-state index in [0.717, 1.165) is 15.9 Å². The third-order valence-corrected chi connectivity index (χ3v) is 3.16. The molecule has 0 aliphatic heterocycles. The van der Waals surface area contributed by atoms with Gasteiger partial charge in [-0.05, 0) is 47.4 Å². The first-order chi connectivity index (χ1) is 7.54. The maximum absolute atomic E-state index is 11.7. The number of hydrogen-bond donors (Lipinski definition) is 2. The lowest BCUT2D eigenvalue weighted by Gasteiger charge is -2.11. The molecule has 1 unspecified atom stereocenters. The first-order valence-corrected chi connectivity index (χ1v) is 5.97. The maximum Gasteiger partial charge on any atom is 0.227 e. The number of pyridine rings is 1. The normalized spacial score (nSPS) is 12.2. The van der Waals surface area contributed by atoms with Crippen molar-refractivity contribution in [2.75, 3.05) is 11.9 Å². The fraction of sp³-hybridized carbons (Fsp3) is 0.455. The van der Waals surface area contributed by atoms with Crippen LogP contribution in [0.25, 0.3) is 0 Å². The van der Waals surface area contributed by atoms with Crippen molar-refractivity contribution in [1.82, 2.24) is 4.98 Å². The van der Waals surface area contributed by atoms with Crippen LogP contribution in [-0.4, -0.2) is 17.4 Å². The Labute approximate surface area is 104 Å². The minimum atomic E-state index is -0.0750. The highest BCUT2D eigenvalue weighted by Crippen LogP contribution is 2.17. The van der Waals surface area contributed by atoms with E-state index in [0.29, 0.717) is 13.0 Å². The van der Waals surface area contributed by atoms with Crippen LogP contribution >= 0.6 is 15.9 Å². The molecule has 0 radical (unpaired) electrons.